The molecule has 104 heavy (non-hydrogen) atoms. The molecular weight excluding hydrogens is 1370 g/mol. The molecule has 0 radical (unpaired) electrons. The van der Waals surface area contributed by atoms with Crippen LogP contribution in [0.15, 0.2) is 69.6 Å². The number of phenols is 1. The lowest BCUT2D eigenvalue weighted by Gasteiger charge is -2.32. The summed E-state index contributed by atoms with van der Waals surface area (Å²) in [6.45, 7) is 6.46. The number of nitrogens with one attached hydrogen (secondary N) is 9. The van der Waals surface area contributed by atoms with Crippen LogP contribution in [0.3, 0.4) is 0 Å². The molecule has 2 aromatic rings. The highest BCUT2D eigenvalue weighted by atomic mass is 19.4. The number of nitrogens with zero attached hydrogens (tertiary/aromatic N) is 4. The number of amides is 11. The average molecular weight is 1480 g/mol. The Morgan fingerprint density at radius 3 is 1.53 bits per heavy atom. The van der Waals surface area contributed by atoms with Gasteiger partial charge in [0.25, 0.3) is 0 Å². The molecular formula is C65H105F3N22O14. The van der Waals surface area contributed by atoms with E-state index in [1.807, 2.05) is 0 Å². The minimum Gasteiger partial charge on any atom is -0.508 e. The van der Waals surface area contributed by atoms with E-state index in [1.54, 1.807) is 70.2 Å². The van der Waals surface area contributed by atoms with Gasteiger partial charge in [-0.2, -0.15) is 13.2 Å². The number of hydrogen-bond acceptors (Lipinski definition) is 18. The van der Waals surface area contributed by atoms with E-state index in [9.17, 15) is 71.0 Å². The van der Waals surface area contributed by atoms with Crippen molar-refractivity contribution < 1.29 is 80.9 Å². The Balaban J connectivity index is 0.00000497. The van der Waals surface area contributed by atoms with Crippen LogP contribution in [0.2, 0.25) is 0 Å². The van der Waals surface area contributed by atoms with Gasteiger partial charge in [-0.05, 0) is 125 Å². The number of likely N-dealkylation sites (tertiary alicyclic amines) is 1. The molecule has 0 unspecified atom stereocenters. The van der Waals surface area contributed by atoms with Gasteiger partial charge in [-0.25, -0.2) is 4.79 Å². The van der Waals surface area contributed by atoms with Crippen molar-refractivity contribution in [2.75, 3.05) is 45.8 Å². The summed E-state index contributed by atoms with van der Waals surface area (Å²) in [5.74, 6) is -12.6. The molecule has 36 nitrogen and oxygen atoms in total. The van der Waals surface area contributed by atoms with E-state index in [1.165, 1.54) is 17.0 Å². The van der Waals surface area contributed by atoms with E-state index in [0.717, 1.165) is 0 Å². The summed E-state index contributed by atoms with van der Waals surface area (Å²) in [5.41, 5.74) is 52.2. The number of aliphatic imine (C=N–C) groups is 3. The normalized spacial score (nSPS) is 15.1. The molecule has 1 saturated heterocycles. The highest BCUT2D eigenvalue weighted by Crippen LogP contribution is 2.22. The maximum Gasteiger partial charge on any atom is 0.490 e. The number of alkyl halides is 3. The van der Waals surface area contributed by atoms with Crippen molar-refractivity contribution in [1.29, 1.82) is 0 Å². The number of phenolic OH excluding ortho intramolecular Hbond substituents is 1. The van der Waals surface area contributed by atoms with Gasteiger partial charge < -0.3 is 115 Å². The number of unbranched alkanes of at least 4 members (excludes halogenated alkanes) is 1. The number of guanidine groups is 3. The van der Waals surface area contributed by atoms with Gasteiger partial charge in [-0.1, -0.05) is 76.6 Å². The first-order valence-electron chi connectivity index (χ1n) is 34.0. The number of benzene rings is 2. The van der Waals surface area contributed by atoms with Gasteiger partial charge in [0.05, 0.1) is 19.1 Å². The molecule has 2 aromatic carbocycles. The molecule has 0 aliphatic carbocycles. The number of primary amides is 1. The summed E-state index contributed by atoms with van der Waals surface area (Å²) in [6, 6.07) is 3.47. The van der Waals surface area contributed by atoms with Gasteiger partial charge >= 0.3 is 12.1 Å². The predicted molar refractivity (Wildman–Crippen MR) is 379 cm³/mol. The van der Waals surface area contributed by atoms with Gasteiger partial charge in [-0.15, -0.1) is 0 Å². The Hall–Kier alpha value is -10.6. The van der Waals surface area contributed by atoms with Crippen molar-refractivity contribution in [1.82, 2.24) is 52.8 Å². The Morgan fingerprint density at radius 2 is 1.03 bits per heavy atom. The molecule has 11 amide bonds. The molecule has 0 saturated carbocycles. The Kier molecular flexibility index (Phi) is 40.3. The molecule has 3 rings (SSSR count). The number of aliphatic carboxylic acids is 1. The Morgan fingerprint density at radius 1 is 0.558 bits per heavy atom. The summed E-state index contributed by atoms with van der Waals surface area (Å²) >= 11 is 0. The van der Waals surface area contributed by atoms with Gasteiger partial charge in [0, 0.05) is 32.6 Å². The van der Waals surface area contributed by atoms with Crippen molar-refractivity contribution >= 4 is 88.8 Å². The summed E-state index contributed by atoms with van der Waals surface area (Å²) < 4.78 is 31.7. The summed E-state index contributed by atoms with van der Waals surface area (Å²) in [5, 5.41) is 40.6. The quantitative estimate of drug-likeness (QED) is 0.0169. The number of carboxylic acids is 1. The van der Waals surface area contributed by atoms with Crippen LogP contribution in [0.4, 0.5) is 13.2 Å². The van der Waals surface area contributed by atoms with Crippen LogP contribution >= 0.6 is 0 Å². The van der Waals surface area contributed by atoms with Crippen LogP contribution in [-0.2, 0) is 70.4 Å². The zero-order valence-corrected chi connectivity index (χ0v) is 59.0. The first-order valence-corrected chi connectivity index (χ1v) is 34.0. The molecule has 39 heteroatoms. The number of carbonyl (C=O) groups excluding carboxylic acids is 11. The van der Waals surface area contributed by atoms with Crippen molar-refractivity contribution in [2.24, 2.45) is 78.4 Å². The van der Waals surface area contributed by atoms with E-state index in [0.29, 0.717) is 43.4 Å². The van der Waals surface area contributed by atoms with Gasteiger partial charge in [-0.3, -0.25) is 67.7 Å². The SMILES string of the molecule is CC[C@H](C)[C@H](NC(=O)[C@H](CCCN=C(N)N)NC(=O)[C@H](CCCN=C(N)N)NC(=O)[C@H](CC(C)C)NC(=O)[C@H](Cc1ccccc1)NC(=O)CNC(=O)CNC(=O)[C@@H](N)Cc1ccc(O)cc1)C(=O)N[C@@H](CCCN=C(N)N)C(=O)N1CCC[C@H]1C(=O)N[C@@H](CCCCN)C(N)=O.O=C(O)C(F)(F)F. The maximum absolute atomic E-state index is 14.8. The van der Waals surface area contributed by atoms with Crippen LogP contribution < -0.4 is 99.5 Å². The molecule has 0 bridgehead atoms. The number of rotatable bonds is 44. The zero-order valence-electron chi connectivity index (χ0n) is 59.0. The number of nitrogens with two attached hydrogens (primary N) is 9. The van der Waals surface area contributed by atoms with Gasteiger partial charge in [0.1, 0.15) is 54.1 Å². The van der Waals surface area contributed by atoms with Gasteiger partial charge in [0.15, 0.2) is 17.9 Å². The van der Waals surface area contributed by atoms with Crippen LogP contribution in [0.5, 0.6) is 5.75 Å². The Labute approximate surface area is 600 Å². The minimum atomic E-state index is -5.08. The van der Waals surface area contributed by atoms with Crippen LogP contribution in [0.1, 0.15) is 122 Å². The van der Waals surface area contributed by atoms with Crippen molar-refractivity contribution in [2.45, 2.75) is 185 Å². The number of hydrogen-bond donors (Lipinski definition) is 20. The lowest BCUT2D eigenvalue weighted by Crippen LogP contribution is -2.61. The fourth-order valence-electron chi connectivity index (χ4n) is 10.4. The summed E-state index contributed by atoms with van der Waals surface area (Å²) in [4.78, 5) is 175. The van der Waals surface area contributed by atoms with Crippen molar-refractivity contribution in [3.05, 3.63) is 65.7 Å². The number of carboxylic acid groups (broad SMARTS) is 1. The number of aromatic hydroxyl groups is 1. The summed E-state index contributed by atoms with van der Waals surface area (Å²) in [7, 11) is 0. The number of carbonyl (C=O) groups is 12. The highest BCUT2D eigenvalue weighted by Gasteiger charge is 2.41. The lowest BCUT2D eigenvalue weighted by molar-refractivity contribution is -0.192. The van der Waals surface area contributed by atoms with E-state index in [-0.39, 0.29) is 126 Å². The molecule has 29 N–H and O–H groups in total. The standard InChI is InChI=1S/C63H104N22O12.C2HF3O2/c1-5-37(4)51(59(96)82-45(20-13-29-75-63(71)72)60(97)85-30-14-21-48(85)58(95)79-42(52(66)89)17-9-10-26-64)84-55(92)44(19-12-28-74-62(69)70)80-54(91)43(18-11-27-73-61(67)68)81-56(93)46(31-36(2)3)83-57(94)47(33-38-15-7-6-8-16-38)78-50(88)35-76-49(87)34-77-53(90)41(65)32-39-22-24-40(86)25-23-39;3-2(4,5)1(6)7/h6-8,15-16,22-25,36-37,41-48,51,86H,5,9-14,17-21,26-35,64-65H2,1-4H3,(H2,66,89)(H,76,87)(H,77,90)(H,78,88)(H,79,95)(H,80,91)(H,81,93)(H,82,96)(H,83,94)(H,84,92)(H4,67,68,73)(H4,69,70,74)(H4,71,72,75);(H,6,7)/t37-,41-,42-,43-,44-,45-,46-,47-,48-,51-;/m0./s1. The molecule has 0 aromatic heterocycles. The van der Waals surface area contributed by atoms with E-state index >= 15 is 0 Å². The highest BCUT2D eigenvalue weighted by molar-refractivity contribution is 5.99. The fourth-order valence-corrected chi connectivity index (χ4v) is 10.4. The van der Waals surface area contributed by atoms with E-state index < -0.39 is 151 Å². The maximum atomic E-state index is 14.8. The molecule has 1 aliphatic rings. The smallest absolute Gasteiger partial charge is 0.490 e. The second kappa shape index (κ2) is 46.8. The average Bonchev–Trinajstić information content (AvgIpc) is 1.61. The second-order valence-corrected chi connectivity index (χ2v) is 25.1. The minimum absolute atomic E-state index is 0.00323. The largest absolute Gasteiger partial charge is 0.508 e. The lowest BCUT2D eigenvalue weighted by atomic mass is 9.96. The third-order valence-electron chi connectivity index (χ3n) is 16.1. The molecule has 1 aliphatic heterocycles. The van der Waals surface area contributed by atoms with Crippen LogP contribution in [-0.4, -0.2) is 210 Å². The van der Waals surface area contributed by atoms with E-state index in [2.05, 4.69) is 62.8 Å². The second-order valence-electron chi connectivity index (χ2n) is 25.1. The van der Waals surface area contributed by atoms with Crippen molar-refractivity contribution in [3.8, 4) is 5.75 Å². The monoisotopic (exact) mass is 1470 g/mol. The molecule has 10 atom stereocenters. The molecule has 1 fully saturated rings. The fraction of sp³-hybridized carbons (Fsp3) is 0.585. The Bertz CT molecular complexity index is 3230. The van der Waals surface area contributed by atoms with Gasteiger partial charge in [0.2, 0.25) is 65.0 Å². The van der Waals surface area contributed by atoms with Crippen LogP contribution in [0, 0.1) is 11.8 Å². The van der Waals surface area contributed by atoms with Crippen molar-refractivity contribution in [3.63, 3.8) is 0 Å². The van der Waals surface area contributed by atoms with Crippen LogP contribution in [0.25, 0.3) is 0 Å². The number of halogens is 3. The third-order valence-corrected chi connectivity index (χ3v) is 16.1. The first-order chi connectivity index (χ1) is 49.0. The molecule has 0 spiro atoms. The zero-order chi connectivity index (χ0) is 78.2. The predicted octanol–water partition coefficient (Wildman–Crippen LogP) is -4.38. The van der Waals surface area contributed by atoms with E-state index in [4.69, 9.17) is 61.5 Å². The topological polar surface area (TPSA) is 628 Å². The summed E-state index contributed by atoms with van der Waals surface area (Å²) in [6.07, 6.45) is -2.57. The third kappa shape index (κ3) is 35.3. The first kappa shape index (κ1) is 89.5. The molecule has 1 heterocycles. The molecule has 580 valence electrons.